The molecule has 0 aromatic heterocycles. The maximum atomic E-state index is 4.80. The van der Waals surface area contributed by atoms with Crippen molar-refractivity contribution in [2.75, 3.05) is 0 Å². The average molecular weight is 81.1 g/mol. The summed E-state index contributed by atoms with van der Waals surface area (Å²) in [5.41, 5.74) is 4.80. The van der Waals surface area contributed by atoms with Crippen LogP contribution in [0.5, 0.6) is 0 Å². The maximum Gasteiger partial charge on any atom is 0.00635 e. The van der Waals surface area contributed by atoms with Crippen molar-refractivity contribution in [3.63, 3.8) is 0 Å². The van der Waals surface area contributed by atoms with E-state index in [1.807, 2.05) is 13.0 Å². The Morgan fingerprint density at radius 3 is 2.50 bits per heavy atom. The summed E-state index contributed by atoms with van der Waals surface area (Å²) in [6.45, 7) is 1.89. The molecular weight excluding hydrogens is 74.1 g/mol. The second kappa shape index (κ2) is 4.10. The molecule has 0 aromatic rings. The zero-order valence-corrected chi connectivity index (χ0v) is 3.73. The van der Waals surface area contributed by atoms with Gasteiger partial charge in [-0.3, -0.25) is 0 Å². The highest BCUT2D eigenvalue weighted by Crippen LogP contribution is 1.59. The van der Waals surface area contributed by atoms with Crippen LogP contribution in [-0.2, 0) is 0 Å². The summed E-state index contributed by atoms with van der Waals surface area (Å²) in [6.07, 6.45) is 3.53. The van der Waals surface area contributed by atoms with Gasteiger partial charge in [0.2, 0.25) is 0 Å². The smallest absolute Gasteiger partial charge is 0.00635 e. The van der Waals surface area contributed by atoms with Crippen LogP contribution >= 0.6 is 0 Å². The summed E-state index contributed by atoms with van der Waals surface area (Å²) < 4.78 is 0. The topological polar surface area (TPSA) is 26.0 Å². The van der Waals surface area contributed by atoms with E-state index in [1.54, 1.807) is 6.08 Å². The Hall–Kier alpha value is -0.900. The van der Waals surface area contributed by atoms with Crippen LogP contribution in [0, 0.1) is 12.0 Å². The zero-order valence-electron chi connectivity index (χ0n) is 3.73. The normalized spacial score (nSPS) is 7.50. The Labute approximate surface area is 37.8 Å². The van der Waals surface area contributed by atoms with E-state index in [-0.39, 0.29) is 0 Å². The number of hydrogen-bond donors (Lipinski definition) is 1. The Bertz CT molecular complexity index is 92.2. The summed E-state index contributed by atoms with van der Waals surface area (Å²) in [6, 6.07) is 2.23. The van der Waals surface area contributed by atoms with Gasteiger partial charge >= 0.3 is 0 Å². The molecule has 0 spiro atoms. The zero-order chi connectivity index (χ0) is 4.83. The molecule has 0 atom stereocenters. The van der Waals surface area contributed by atoms with Gasteiger partial charge in [-0.1, -0.05) is 12.0 Å². The van der Waals surface area contributed by atoms with Crippen molar-refractivity contribution in [3.05, 3.63) is 12.2 Å². The highest BCUT2D eigenvalue weighted by Gasteiger charge is 1.45. The standard InChI is InChI=1S/C5H7N/c1-2-3-4-5-6/h2-3H,6H2,1H3/b3-2-. The Balaban J connectivity index is 3.24. The lowest BCUT2D eigenvalue weighted by Gasteiger charge is -1.56. The van der Waals surface area contributed by atoms with E-state index in [9.17, 15) is 0 Å². The van der Waals surface area contributed by atoms with E-state index in [1.165, 1.54) is 0 Å². The number of nitrogens with two attached hydrogens (primary N) is 1. The molecule has 1 nitrogen and oxygen atoms in total. The van der Waals surface area contributed by atoms with Crippen LogP contribution in [0.15, 0.2) is 12.2 Å². The van der Waals surface area contributed by atoms with Gasteiger partial charge in [-0.2, -0.15) is 0 Å². The van der Waals surface area contributed by atoms with E-state index in [2.05, 4.69) is 12.0 Å². The van der Waals surface area contributed by atoms with Crippen LogP contribution in [0.25, 0.3) is 0 Å². The van der Waals surface area contributed by atoms with Crippen molar-refractivity contribution in [3.8, 4) is 12.0 Å². The minimum absolute atomic E-state index is 1.69. The highest BCUT2D eigenvalue weighted by molar-refractivity contribution is 5.11. The third-order valence-corrected chi connectivity index (χ3v) is 0.333. The van der Waals surface area contributed by atoms with Gasteiger partial charge in [0.25, 0.3) is 0 Å². The second-order valence-corrected chi connectivity index (χ2v) is 0.789. The molecule has 1 heteroatoms. The van der Waals surface area contributed by atoms with Crippen LogP contribution in [-0.4, -0.2) is 0 Å². The first-order chi connectivity index (χ1) is 2.91. The van der Waals surface area contributed by atoms with Crippen LogP contribution in [0.4, 0.5) is 0 Å². The molecule has 0 fully saturated rings. The molecule has 32 valence electrons. The first-order valence-corrected chi connectivity index (χ1v) is 1.74. The lowest BCUT2D eigenvalue weighted by Crippen LogP contribution is -1.73. The molecule has 0 saturated carbocycles. The summed E-state index contributed by atoms with van der Waals surface area (Å²) in [4.78, 5) is 0. The van der Waals surface area contributed by atoms with E-state index >= 15 is 0 Å². The molecule has 0 unspecified atom stereocenters. The minimum atomic E-state index is 1.69. The van der Waals surface area contributed by atoms with Gasteiger partial charge in [0.05, 0.1) is 0 Å². The molecule has 0 rings (SSSR count). The second-order valence-electron chi connectivity index (χ2n) is 0.789. The third kappa shape index (κ3) is 3.10. The fraction of sp³-hybridized carbons (Fsp3) is 0.200. The molecule has 0 bridgehead atoms. The molecule has 6 heavy (non-hydrogen) atoms. The van der Waals surface area contributed by atoms with Crippen LogP contribution in [0.1, 0.15) is 6.92 Å². The van der Waals surface area contributed by atoms with Crippen LogP contribution in [0.3, 0.4) is 0 Å². The minimum Gasteiger partial charge on any atom is -0.359 e. The van der Waals surface area contributed by atoms with Crippen LogP contribution in [0.2, 0.25) is 0 Å². The monoisotopic (exact) mass is 81.1 g/mol. The number of rotatable bonds is 0. The molecule has 0 saturated heterocycles. The van der Waals surface area contributed by atoms with Gasteiger partial charge in [0, 0.05) is 6.04 Å². The SMILES string of the molecule is C/C=C\C#CN. The summed E-state index contributed by atoms with van der Waals surface area (Å²) in [5.74, 6) is 2.55. The van der Waals surface area contributed by atoms with Crippen LogP contribution < -0.4 is 5.73 Å². The number of hydrogen-bond acceptors (Lipinski definition) is 1. The molecule has 0 aliphatic carbocycles. The molecule has 0 aromatic carbocycles. The van der Waals surface area contributed by atoms with E-state index in [0.29, 0.717) is 0 Å². The molecule has 0 heterocycles. The van der Waals surface area contributed by atoms with Gasteiger partial charge in [0.1, 0.15) is 0 Å². The quantitative estimate of drug-likeness (QED) is 0.333. The van der Waals surface area contributed by atoms with Gasteiger partial charge in [0.15, 0.2) is 0 Å². The highest BCUT2D eigenvalue weighted by atomic mass is 14.4. The van der Waals surface area contributed by atoms with Crippen molar-refractivity contribution in [1.29, 1.82) is 0 Å². The van der Waals surface area contributed by atoms with Crippen molar-refractivity contribution in [1.82, 2.24) is 0 Å². The summed E-state index contributed by atoms with van der Waals surface area (Å²) in [5, 5.41) is 0. The first-order valence-electron chi connectivity index (χ1n) is 1.74. The van der Waals surface area contributed by atoms with Crippen molar-refractivity contribution in [2.24, 2.45) is 5.73 Å². The lowest BCUT2D eigenvalue weighted by atomic mass is 10.5. The van der Waals surface area contributed by atoms with Crippen molar-refractivity contribution in [2.45, 2.75) is 6.92 Å². The number of allylic oxidation sites excluding steroid dienone is 2. The van der Waals surface area contributed by atoms with Gasteiger partial charge < -0.3 is 5.73 Å². The molecule has 0 amide bonds. The first kappa shape index (κ1) is 5.10. The molecular formula is C5H7N. The van der Waals surface area contributed by atoms with Crippen molar-refractivity contribution < 1.29 is 0 Å². The predicted octanol–water partition coefficient (Wildman–Crippen LogP) is 0.482. The summed E-state index contributed by atoms with van der Waals surface area (Å²) >= 11 is 0. The van der Waals surface area contributed by atoms with Gasteiger partial charge in [-0.25, -0.2) is 0 Å². The lowest BCUT2D eigenvalue weighted by molar-refractivity contribution is 1.72. The Morgan fingerprint density at radius 2 is 2.33 bits per heavy atom. The van der Waals surface area contributed by atoms with Crippen molar-refractivity contribution >= 4 is 0 Å². The average Bonchev–Trinajstić information content (AvgIpc) is 1.61. The molecule has 0 aliphatic heterocycles. The largest absolute Gasteiger partial charge is 0.359 e. The fourth-order valence-electron chi connectivity index (χ4n) is 0.131. The maximum absolute atomic E-state index is 4.80. The Morgan fingerprint density at radius 1 is 1.67 bits per heavy atom. The summed E-state index contributed by atoms with van der Waals surface area (Å²) in [7, 11) is 0. The van der Waals surface area contributed by atoms with E-state index in [4.69, 9.17) is 5.73 Å². The van der Waals surface area contributed by atoms with E-state index < -0.39 is 0 Å². The molecule has 0 radical (unpaired) electrons. The van der Waals surface area contributed by atoms with E-state index in [0.717, 1.165) is 0 Å². The van der Waals surface area contributed by atoms with Gasteiger partial charge in [-0.15, -0.1) is 0 Å². The Kier molecular flexibility index (Phi) is 3.48. The fourth-order valence-corrected chi connectivity index (χ4v) is 0.131. The third-order valence-electron chi connectivity index (χ3n) is 0.333. The van der Waals surface area contributed by atoms with Gasteiger partial charge in [-0.05, 0) is 13.0 Å². The molecule has 2 N–H and O–H groups in total. The molecule has 0 aliphatic rings. The predicted molar refractivity (Wildman–Crippen MR) is 26.8 cm³/mol.